The number of esters is 1. The molecule has 4 heterocycles. The van der Waals surface area contributed by atoms with Crippen molar-refractivity contribution in [2.75, 3.05) is 25.6 Å². The third-order valence-corrected chi connectivity index (χ3v) is 12.4. The monoisotopic (exact) mass is 853 g/mol. The van der Waals surface area contributed by atoms with Crippen molar-refractivity contribution in [2.45, 2.75) is 120 Å². The van der Waals surface area contributed by atoms with E-state index in [1.54, 1.807) is 27.7 Å². The van der Waals surface area contributed by atoms with Gasteiger partial charge >= 0.3 is 11.9 Å². The molecule has 9 atom stereocenters. The molecule has 4 fully saturated rings. The first kappa shape index (κ1) is 43.3. The number of nitrogens with zero attached hydrogens (tertiary/aromatic N) is 2. The van der Waals surface area contributed by atoms with E-state index in [0.717, 1.165) is 9.91 Å². The number of fused-ring (bicyclic) bond motifs is 6. The maximum atomic E-state index is 14.9. The summed E-state index contributed by atoms with van der Waals surface area (Å²) in [6.07, 6.45) is -5.13. The molecule has 1 saturated carbocycles. The highest BCUT2D eigenvalue weighted by atomic mass is 35.5. The molecule has 0 bridgehead atoms. The summed E-state index contributed by atoms with van der Waals surface area (Å²) in [4.78, 5) is 98.9. The number of nitrogens with one attached hydrogen (secondary N) is 5. The number of halogens is 2. The molecular weight excluding hydrogens is 805 g/mol. The largest absolute Gasteiger partial charge is 0.481 e. The minimum Gasteiger partial charge on any atom is -0.481 e. The summed E-state index contributed by atoms with van der Waals surface area (Å²) in [5, 5.41) is 45.0. The van der Waals surface area contributed by atoms with Crippen molar-refractivity contribution < 1.29 is 58.4 Å². The molecule has 4 aliphatic heterocycles. The van der Waals surface area contributed by atoms with Gasteiger partial charge in [-0.25, -0.2) is 10.2 Å². The van der Waals surface area contributed by atoms with Crippen LogP contribution in [0.1, 0.15) is 71.8 Å². The Balaban J connectivity index is 1.49. The zero-order valence-electron chi connectivity index (χ0n) is 32.6. The first-order valence-corrected chi connectivity index (χ1v) is 19.7. The van der Waals surface area contributed by atoms with Gasteiger partial charge in [0.15, 0.2) is 6.10 Å². The Bertz CT molecular complexity index is 1890. The van der Waals surface area contributed by atoms with Gasteiger partial charge in [-0.1, -0.05) is 57.0 Å². The molecule has 5 amide bonds. The van der Waals surface area contributed by atoms with Gasteiger partial charge in [0, 0.05) is 31.1 Å². The Kier molecular flexibility index (Phi) is 12.0. The molecule has 21 heteroatoms. The molecule has 0 radical (unpaired) electrons. The van der Waals surface area contributed by atoms with Gasteiger partial charge in [0.05, 0.1) is 34.9 Å². The second-order valence-electron chi connectivity index (χ2n) is 16.9. The first-order valence-electron chi connectivity index (χ1n) is 19.0. The van der Waals surface area contributed by atoms with Gasteiger partial charge in [0.25, 0.3) is 5.91 Å². The molecule has 58 heavy (non-hydrogen) atoms. The zero-order chi connectivity index (χ0) is 42.6. The van der Waals surface area contributed by atoms with Crippen LogP contribution in [-0.4, -0.2) is 136 Å². The average molecular weight is 855 g/mol. The van der Waals surface area contributed by atoms with Crippen LogP contribution in [0.15, 0.2) is 12.1 Å². The lowest BCUT2D eigenvalue weighted by molar-refractivity contribution is -0.176. The van der Waals surface area contributed by atoms with Gasteiger partial charge in [0.1, 0.15) is 42.0 Å². The number of carbonyl (C=O) groups is 7. The molecule has 0 unspecified atom stereocenters. The molecule has 5 aliphatic rings. The third-order valence-electron chi connectivity index (χ3n) is 11.6. The smallest absolute Gasteiger partial charge is 0.330 e. The van der Waals surface area contributed by atoms with Crippen LogP contribution in [0, 0.1) is 10.8 Å². The highest BCUT2D eigenvalue weighted by molar-refractivity contribution is 6.44. The molecule has 1 aromatic rings. The number of carbonyl (C=O) groups excluding carboxylic acids is 6. The molecule has 1 aliphatic carbocycles. The van der Waals surface area contributed by atoms with Gasteiger partial charge in [-0.05, 0) is 37.2 Å². The SMILES string of the molecule is COC[C@@H]1NC(=O)[C@@H]2CCCNN2C(=O)[C@H](C(C)(C)C)OC(=O)[C@@H](C2(C)CC2)NC(=O)[C@@H]2C[C@@]3(O)c4ccc(Cl)c(Cl)c4N[C@H]3N2C(=O)[C@@H]([C@@H](O)CC(=O)O)NC1=O. The maximum absolute atomic E-state index is 14.9. The maximum Gasteiger partial charge on any atom is 0.330 e. The van der Waals surface area contributed by atoms with E-state index in [4.69, 9.17) is 32.7 Å². The summed E-state index contributed by atoms with van der Waals surface area (Å²) in [5.74, 6) is -7.29. The van der Waals surface area contributed by atoms with Crippen molar-refractivity contribution >= 4 is 70.4 Å². The quantitative estimate of drug-likeness (QED) is 0.172. The predicted octanol–water partition coefficient (Wildman–Crippen LogP) is -0.263. The number of benzene rings is 1. The average Bonchev–Trinajstić information content (AvgIpc) is 3.73. The van der Waals surface area contributed by atoms with E-state index in [1.165, 1.54) is 19.2 Å². The topological polar surface area (TPSA) is 265 Å². The summed E-state index contributed by atoms with van der Waals surface area (Å²) >= 11 is 12.8. The number of amides is 5. The van der Waals surface area contributed by atoms with Crippen LogP contribution < -0.4 is 26.7 Å². The van der Waals surface area contributed by atoms with E-state index in [2.05, 4.69) is 26.7 Å². The fourth-order valence-electron chi connectivity index (χ4n) is 8.07. The van der Waals surface area contributed by atoms with Crippen molar-refractivity contribution in [3.63, 3.8) is 0 Å². The van der Waals surface area contributed by atoms with Crippen molar-refractivity contribution in [2.24, 2.45) is 10.8 Å². The summed E-state index contributed by atoms with van der Waals surface area (Å²) in [6, 6.07) is -5.01. The molecule has 0 spiro atoms. The van der Waals surface area contributed by atoms with E-state index in [9.17, 15) is 48.9 Å². The minimum absolute atomic E-state index is 0.00936. The van der Waals surface area contributed by atoms with Crippen molar-refractivity contribution in [3.8, 4) is 0 Å². The van der Waals surface area contributed by atoms with Gasteiger partial charge < -0.3 is 51.0 Å². The minimum atomic E-state index is -2.12. The fraction of sp³-hybridized carbons (Fsp3) is 0.649. The number of rotatable bonds is 6. The standard InChI is InChI=1S/C37H49Cl2N7O12/c1-35(2,3)27-32(54)46-19(7-6-12-40-46)29(51)41-18(15-57-5)28(50)42-25(21(47)13-22(48)49)31(53)45-20(30(52)44-26(33(55)58-27)36(4)10-11-36)14-37(56)16-8-9-17(38)23(39)24(16)43-34(37)45/h8-9,18-21,25-27,34,40,43,47,56H,6-7,10-15H2,1-5H3,(H,41,51)(H,42,50)(H,44,52)(H,48,49)/t18-,19-,20-,21-,25+,26-,27+,34-,37+/m0/s1. The Labute approximate surface area is 343 Å². The van der Waals surface area contributed by atoms with Gasteiger partial charge in [0.2, 0.25) is 23.6 Å². The summed E-state index contributed by atoms with van der Waals surface area (Å²) in [7, 11) is 1.23. The van der Waals surface area contributed by atoms with Gasteiger partial charge in [-0.15, -0.1) is 0 Å². The second kappa shape index (κ2) is 16.1. The Morgan fingerprint density at radius 2 is 1.67 bits per heavy atom. The number of carboxylic acid groups (broad SMARTS) is 1. The van der Waals surface area contributed by atoms with Crippen LogP contribution in [0.4, 0.5) is 5.69 Å². The van der Waals surface area contributed by atoms with Crippen LogP contribution in [0.3, 0.4) is 0 Å². The fourth-order valence-corrected chi connectivity index (χ4v) is 8.44. The zero-order valence-corrected chi connectivity index (χ0v) is 34.1. The molecule has 1 aromatic carbocycles. The molecule has 3 saturated heterocycles. The highest BCUT2D eigenvalue weighted by Gasteiger charge is 2.63. The number of hydrazine groups is 1. The molecular formula is C37H49Cl2N7O12. The molecule has 0 aromatic heterocycles. The third kappa shape index (κ3) is 8.03. The number of anilines is 1. The van der Waals surface area contributed by atoms with E-state index in [0.29, 0.717) is 19.3 Å². The number of cyclic esters (lactones) is 1. The van der Waals surface area contributed by atoms with Crippen LogP contribution in [0.5, 0.6) is 0 Å². The predicted molar refractivity (Wildman–Crippen MR) is 203 cm³/mol. The number of aliphatic carboxylic acids is 1. The molecule has 6 rings (SSSR count). The summed E-state index contributed by atoms with van der Waals surface area (Å²) in [5.41, 5.74) is -0.720. The van der Waals surface area contributed by atoms with Crippen LogP contribution in [0.25, 0.3) is 0 Å². The van der Waals surface area contributed by atoms with Crippen LogP contribution in [-0.2, 0) is 48.6 Å². The number of hydrogen-bond donors (Lipinski definition) is 8. The Morgan fingerprint density at radius 1 is 1.00 bits per heavy atom. The van der Waals surface area contributed by atoms with Gasteiger partial charge in [-0.2, -0.15) is 0 Å². The number of aliphatic hydroxyl groups is 2. The summed E-state index contributed by atoms with van der Waals surface area (Å²) in [6.45, 7) is 6.55. The van der Waals surface area contributed by atoms with Crippen LogP contribution >= 0.6 is 23.2 Å². The van der Waals surface area contributed by atoms with Crippen molar-refractivity contribution in [1.82, 2.24) is 31.3 Å². The Morgan fingerprint density at radius 3 is 2.29 bits per heavy atom. The molecule has 8 N–H and O–H groups in total. The van der Waals surface area contributed by atoms with Crippen molar-refractivity contribution in [3.05, 3.63) is 27.7 Å². The number of aliphatic hydroxyl groups excluding tert-OH is 1. The summed E-state index contributed by atoms with van der Waals surface area (Å²) < 4.78 is 11.2. The van der Waals surface area contributed by atoms with E-state index in [-0.39, 0.29) is 34.3 Å². The second-order valence-corrected chi connectivity index (χ2v) is 17.7. The lowest BCUT2D eigenvalue weighted by Gasteiger charge is -2.41. The number of hydrogen-bond acceptors (Lipinski definition) is 13. The number of ether oxygens (including phenoxy) is 2. The highest BCUT2D eigenvalue weighted by Crippen LogP contribution is 2.53. The molecule has 19 nitrogen and oxygen atoms in total. The number of methoxy groups -OCH3 is 1. The number of carboxylic acids is 1. The Hall–Kier alpha value is -4.27. The normalized spacial score (nSPS) is 32.2. The van der Waals surface area contributed by atoms with E-state index >= 15 is 0 Å². The molecule has 318 valence electrons. The van der Waals surface area contributed by atoms with Gasteiger partial charge in [-0.3, -0.25) is 33.8 Å². The van der Waals surface area contributed by atoms with E-state index in [1.807, 2.05) is 0 Å². The van der Waals surface area contributed by atoms with E-state index < -0.39 is 126 Å². The lowest BCUT2D eigenvalue weighted by Crippen LogP contribution is -2.66. The first-order chi connectivity index (χ1) is 27.1. The van der Waals surface area contributed by atoms with Crippen molar-refractivity contribution in [1.29, 1.82) is 0 Å². The lowest BCUT2D eigenvalue weighted by atomic mass is 9.87. The van der Waals surface area contributed by atoms with Crippen LogP contribution in [0.2, 0.25) is 10.0 Å².